The average molecular weight is 389 g/mol. The van der Waals surface area contributed by atoms with E-state index in [1.807, 2.05) is 36.9 Å². The lowest BCUT2D eigenvalue weighted by Gasteiger charge is -2.23. The predicted molar refractivity (Wildman–Crippen MR) is 115 cm³/mol. The van der Waals surface area contributed by atoms with Crippen molar-refractivity contribution in [1.29, 1.82) is 0 Å². The number of hydrogen-bond donors (Lipinski definition) is 2. The van der Waals surface area contributed by atoms with Crippen molar-refractivity contribution < 1.29 is 9.53 Å². The number of nitrogens with zero attached hydrogens (tertiary/aromatic N) is 2. The van der Waals surface area contributed by atoms with Gasteiger partial charge in [0.1, 0.15) is 12.4 Å². The summed E-state index contributed by atoms with van der Waals surface area (Å²) in [6, 6.07) is 8.42. The topological polar surface area (TPSA) is 66.0 Å². The van der Waals surface area contributed by atoms with E-state index in [0.29, 0.717) is 13.2 Å². The summed E-state index contributed by atoms with van der Waals surface area (Å²) in [5.74, 6) is 1.94. The molecule has 1 aromatic rings. The Hall–Kier alpha value is -2.24. The van der Waals surface area contributed by atoms with Crippen molar-refractivity contribution >= 4 is 11.9 Å². The Kier molecular flexibility index (Phi) is 7.72. The number of para-hydroxylation sites is 1. The summed E-state index contributed by atoms with van der Waals surface area (Å²) >= 11 is 0. The molecular weight excluding hydrogens is 352 g/mol. The van der Waals surface area contributed by atoms with Gasteiger partial charge in [0.05, 0.1) is 6.54 Å². The van der Waals surface area contributed by atoms with Gasteiger partial charge in [-0.15, -0.1) is 0 Å². The maximum Gasteiger partial charge on any atom is 0.225 e. The number of carbonyl (C=O) groups excluding carboxylic acids is 1. The zero-order valence-corrected chi connectivity index (χ0v) is 18.2. The van der Waals surface area contributed by atoms with Gasteiger partial charge in [-0.25, -0.2) is 0 Å². The summed E-state index contributed by atoms with van der Waals surface area (Å²) in [5, 5.41) is 6.72. The second-order valence-electron chi connectivity index (χ2n) is 8.66. The van der Waals surface area contributed by atoms with E-state index in [-0.39, 0.29) is 23.3 Å². The largest absolute Gasteiger partial charge is 0.491 e. The number of rotatable bonds is 6. The van der Waals surface area contributed by atoms with Crippen LogP contribution in [0.25, 0.3) is 0 Å². The lowest BCUT2D eigenvalue weighted by atomic mass is 9.86. The molecule has 2 N–H and O–H groups in total. The van der Waals surface area contributed by atoms with Crippen LogP contribution in [0.1, 0.15) is 46.6 Å². The Morgan fingerprint density at radius 1 is 1.32 bits per heavy atom. The number of amides is 1. The van der Waals surface area contributed by atoms with Gasteiger partial charge < -0.3 is 20.3 Å². The van der Waals surface area contributed by atoms with Crippen LogP contribution in [0, 0.1) is 5.92 Å². The van der Waals surface area contributed by atoms with E-state index in [1.54, 1.807) is 7.05 Å². The van der Waals surface area contributed by atoms with E-state index in [4.69, 9.17) is 4.74 Å². The Balaban J connectivity index is 1.78. The highest BCUT2D eigenvalue weighted by Gasteiger charge is 2.27. The van der Waals surface area contributed by atoms with Gasteiger partial charge in [-0.1, -0.05) is 52.8 Å². The molecule has 0 saturated carbocycles. The van der Waals surface area contributed by atoms with Crippen LogP contribution in [0.2, 0.25) is 0 Å². The molecule has 1 aliphatic rings. The van der Waals surface area contributed by atoms with Gasteiger partial charge >= 0.3 is 0 Å². The van der Waals surface area contributed by atoms with Crippen LogP contribution in [0.4, 0.5) is 0 Å². The third kappa shape index (κ3) is 6.14. The molecule has 1 aromatic carbocycles. The second kappa shape index (κ2) is 9.80. The van der Waals surface area contributed by atoms with E-state index >= 15 is 0 Å². The molecule has 1 atom stereocenters. The van der Waals surface area contributed by atoms with Crippen LogP contribution in [0.15, 0.2) is 29.3 Å². The third-order valence-corrected chi connectivity index (χ3v) is 4.91. The maximum atomic E-state index is 12.1. The first-order valence-corrected chi connectivity index (χ1v) is 10.2. The van der Waals surface area contributed by atoms with Gasteiger partial charge in [-0.05, 0) is 23.5 Å². The number of guanidine groups is 1. The Bertz CT molecular complexity index is 679. The standard InChI is InChI=1S/C22H36N4O2/c1-16(2)20(27)26-13-11-17(15-26)25-21(23-6)24-12-14-28-19-10-8-7-9-18(19)22(3,4)5/h7-10,16-17H,11-15H2,1-6H3,(H2,23,24,25). The van der Waals surface area contributed by atoms with E-state index in [9.17, 15) is 4.79 Å². The SMILES string of the molecule is CN=C(NCCOc1ccccc1C(C)(C)C)NC1CCN(C(=O)C(C)C)C1. The fourth-order valence-electron chi connectivity index (χ4n) is 3.37. The fraction of sp³-hybridized carbons (Fsp3) is 0.636. The molecule has 156 valence electrons. The van der Waals surface area contributed by atoms with Crippen LogP contribution in [0.5, 0.6) is 5.75 Å². The first kappa shape index (κ1) is 22.1. The molecule has 28 heavy (non-hydrogen) atoms. The molecule has 1 unspecified atom stereocenters. The number of benzene rings is 1. The zero-order chi connectivity index (χ0) is 20.7. The first-order chi connectivity index (χ1) is 13.2. The molecule has 0 aromatic heterocycles. The molecule has 2 rings (SSSR count). The number of carbonyl (C=O) groups is 1. The normalized spacial score (nSPS) is 17.8. The highest BCUT2D eigenvalue weighted by Crippen LogP contribution is 2.30. The van der Waals surface area contributed by atoms with Gasteiger partial charge in [0.15, 0.2) is 5.96 Å². The minimum atomic E-state index is 0.0450. The molecule has 1 fully saturated rings. The van der Waals surface area contributed by atoms with Gasteiger partial charge in [-0.3, -0.25) is 9.79 Å². The number of aliphatic imine (C=N–C) groups is 1. The molecule has 1 aliphatic heterocycles. The Morgan fingerprint density at radius 2 is 2.04 bits per heavy atom. The van der Waals surface area contributed by atoms with Crippen LogP contribution in [0.3, 0.4) is 0 Å². The highest BCUT2D eigenvalue weighted by atomic mass is 16.5. The van der Waals surface area contributed by atoms with Crippen LogP contribution in [-0.2, 0) is 10.2 Å². The van der Waals surface area contributed by atoms with E-state index < -0.39 is 0 Å². The molecular formula is C22H36N4O2. The number of hydrogen-bond acceptors (Lipinski definition) is 3. The monoisotopic (exact) mass is 388 g/mol. The van der Waals surface area contributed by atoms with Crippen LogP contribution in [-0.4, -0.2) is 56.1 Å². The van der Waals surface area contributed by atoms with Crippen molar-refractivity contribution in [2.75, 3.05) is 33.3 Å². The van der Waals surface area contributed by atoms with E-state index in [0.717, 1.165) is 31.2 Å². The maximum absolute atomic E-state index is 12.1. The van der Waals surface area contributed by atoms with Crippen LogP contribution >= 0.6 is 0 Å². The Labute approximate surface area is 169 Å². The zero-order valence-electron chi connectivity index (χ0n) is 18.2. The molecule has 0 bridgehead atoms. The Morgan fingerprint density at radius 3 is 2.68 bits per heavy atom. The lowest BCUT2D eigenvalue weighted by Crippen LogP contribution is -2.46. The third-order valence-electron chi connectivity index (χ3n) is 4.91. The quantitative estimate of drug-likeness (QED) is 0.447. The minimum absolute atomic E-state index is 0.0450. The first-order valence-electron chi connectivity index (χ1n) is 10.2. The van der Waals surface area contributed by atoms with Gasteiger partial charge in [-0.2, -0.15) is 0 Å². The summed E-state index contributed by atoms with van der Waals surface area (Å²) in [6.45, 7) is 13.2. The summed E-state index contributed by atoms with van der Waals surface area (Å²) in [4.78, 5) is 18.4. The molecule has 0 radical (unpaired) electrons. The van der Waals surface area contributed by atoms with Crippen molar-refractivity contribution in [2.45, 2.75) is 52.5 Å². The average Bonchev–Trinajstić information content (AvgIpc) is 3.11. The summed E-state index contributed by atoms with van der Waals surface area (Å²) in [5.41, 5.74) is 1.25. The van der Waals surface area contributed by atoms with Crippen molar-refractivity contribution in [2.24, 2.45) is 10.9 Å². The smallest absolute Gasteiger partial charge is 0.225 e. The lowest BCUT2D eigenvalue weighted by molar-refractivity contribution is -0.133. The van der Waals surface area contributed by atoms with Gasteiger partial charge in [0.25, 0.3) is 0 Å². The fourth-order valence-corrected chi connectivity index (χ4v) is 3.37. The molecule has 1 heterocycles. The molecule has 0 spiro atoms. The predicted octanol–water partition coefficient (Wildman–Crippen LogP) is 2.78. The summed E-state index contributed by atoms with van der Waals surface area (Å²) in [6.07, 6.45) is 0.939. The molecule has 6 nitrogen and oxygen atoms in total. The second-order valence-corrected chi connectivity index (χ2v) is 8.66. The number of likely N-dealkylation sites (tertiary alicyclic amines) is 1. The molecule has 0 aliphatic carbocycles. The van der Waals surface area contributed by atoms with E-state index in [1.165, 1.54) is 5.56 Å². The van der Waals surface area contributed by atoms with Gasteiger partial charge in [0.2, 0.25) is 5.91 Å². The summed E-state index contributed by atoms with van der Waals surface area (Å²) < 4.78 is 6.01. The summed E-state index contributed by atoms with van der Waals surface area (Å²) in [7, 11) is 1.76. The van der Waals surface area contributed by atoms with Crippen molar-refractivity contribution in [3.05, 3.63) is 29.8 Å². The molecule has 6 heteroatoms. The van der Waals surface area contributed by atoms with Crippen molar-refractivity contribution in [1.82, 2.24) is 15.5 Å². The highest BCUT2D eigenvalue weighted by molar-refractivity contribution is 5.81. The molecule has 1 saturated heterocycles. The van der Waals surface area contributed by atoms with E-state index in [2.05, 4.69) is 42.5 Å². The van der Waals surface area contributed by atoms with Crippen LogP contribution < -0.4 is 15.4 Å². The van der Waals surface area contributed by atoms with Gasteiger partial charge in [0, 0.05) is 32.1 Å². The van der Waals surface area contributed by atoms with Crippen molar-refractivity contribution in [3.63, 3.8) is 0 Å². The number of ether oxygens (including phenoxy) is 1. The number of nitrogens with one attached hydrogen (secondary N) is 2. The molecule has 1 amide bonds. The van der Waals surface area contributed by atoms with Crippen molar-refractivity contribution in [3.8, 4) is 5.75 Å². The minimum Gasteiger partial charge on any atom is -0.491 e.